The van der Waals surface area contributed by atoms with Gasteiger partial charge in [-0.3, -0.25) is 4.79 Å². The Hall–Kier alpha value is -2.60. The van der Waals surface area contributed by atoms with Crippen molar-refractivity contribution in [3.63, 3.8) is 0 Å². The van der Waals surface area contributed by atoms with Gasteiger partial charge in [0.05, 0.1) is 7.11 Å². The number of hydrogen-bond donors (Lipinski definition) is 3. The molecule has 2 aromatic carbocycles. The predicted molar refractivity (Wildman–Crippen MR) is 114 cm³/mol. The molecule has 1 fully saturated rings. The van der Waals surface area contributed by atoms with Crippen LogP contribution in [0.15, 0.2) is 48.5 Å². The number of hydrogen-bond acceptors (Lipinski definition) is 3. The first-order valence-electron chi connectivity index (χ1n) is 9.27. The van der Waals surface area contributed by atoms with Gasteiger partial charge in [0.2, 0.25) is 0 Å². The molecule has 142 valence electrons. The molecule has 3 rings (SSSR count). The first kappa shape index (κ1) is 19.2. The van der Waals surface area contributed by atoms with Gasteiger partial charge in [-0.25, -0.2) is 0 Å². The van der Waals surface area contributed by atoms with Crippen molar-refractivity contribution in [2.75, 3.05) is 17.7 Å². The SMILES string of the molecule is COc1ccc(NC(=O)c2ccc(NC(=S)NC3CCCCC3)cc2)cc1. The van der Waals surface area contributed by atoms with Crippen molar-refractivity contribution in [2.45, 2.75) is 38.1 Å². The number of nitrogens with one attached hydrogen (secondary N) is 3. The highest BCUT2D eigenvalue weighted by atomic mass is 32.1. The van der Waals surface area contributed by atoms with E-state index >= 15 is 0 Å². The topological polar surface area (TPSA) is 62.4 Å². The van der Waals surface area contributed by atoms with E-state index in [4.69, 9.17) is 17.0 Å². The second-order valence-electron chi connectivity index (χ2n) is 6.69. The van der Waals surface area contributed by atoms with Crippen molar-refractivity contribution >= 4 is 34.6 Å². The third-order valence-corrected chi connectivity index (χ3v) is 4.91. The molecule has 0 aliphatic heterocycles. The van der Waals surface area contributed by atoms with Crippen LogP contribution in [0.5, 0.6) is 5.75 Å². The Morgan fingerprint density at radius 3 is 2.15 bits per heavy atom. The van der Waals surface area contributed by atoms with E-state index in [9.17, 15) is 4.79 Å². The van der Waals surface area contributed by atoms with Gasteiger partial charge < -0.3 is 20.7 Å². The summed E-state index contributed by atoms with van der Waals surface area (Å²) in [5.74, 6) is 0.593. The van der Waals surface area contributed by atoms with E-state index in [2.05, 4.69) is 16.0 Å². The summed E-state index contributed by atoms with van der Waals surface area (Å²) in [6.45, 7) is 0. The molecule has 5 nitrogen and oxygen atoms in total. The molecule has 0 atom stereocenters. The summed E-state index contributed by atoms with van der Waals surface area (Å²) in [6, 6.07) is 15.0. The highest BCUT2D eigenvalue weighted by molar-refractivity contribution is 7.80. The fourth-order valence-electron chi connectivity index (χ4n) is 3.18. The Labute approximate surface area is 165 Å². The molecule has 2 aromatic rings. The minimum absolute atomic E-state index is 0.158. The van der Waals surface area contributed by atoms with Crippen molar-refractivity contribution < 1.29 is 9.53 Å². The van der Waals surface area contributed by atoms with Gasteiger partial charge in [0.15, 0.2) is 5.11 Å². The fourth-order valence-corrected chi connectivity index (χ4v) is 3.47. The smallest absolute Gasteiger partial charge is 0.255 e. The van der Waals surface area contributed by atoms with E-state index in [1.807, 2.05) is 36.4 Å². The third-order valence-electron chi connectivity index (χ3n) is 4.69. The van der Waals surface area contributed by atoms with E-state index in [0.717, 1.165) is 17.1 Å². The van der Waals surface area contributed by atoms with Crippen LogP contribution in [0.25, 0.3) is 0 Å². The standard InChI is InChI=1S/C21H25N3O2S/c1-26-19-13-11-17(12-14-19)22-20(25)15-7-9-18(10-8-15)24-21(27)23-16-5-3-2-4-6-16/h7-14,16H,2-6H2,1H3,(H,22,25)(H2,23,24,27). The maximum absolute atomic E-state index is 12.4. The van der Waals surface area contributed by atoms with E-state index in [1.54, 1.807) is 19.2 Å². The van der Waals surface area contributed by atoms with Gasteiger partial charge in [0, 0.05) is 23.0 Å². The maximum Gasteiger partial charge on any atom is 0.255 e. The lowest BCUT2D eigenvalue weighted by molar-refractivity contribution is 0.102. The normalized spacial score (nSPS) is 14.3. The molecule has 1 aliphatic carbocycles. The van der Waals surface area contributed by atoms with Gasteiger partial charge in [-0.2, -0.15) is 0 Å². The number of rotatable bonds is 5. The number of carbonyl (C=O) groups excluding carboxylic acids is 1. The average molecular weight is 384 g/mol. The quantitative estimate of drug-likeness (QED) is 0.661. The highest BCUT2D eigenvalue weighted by Crippen LogP contribution is 2.18. The molecular formula is C21H25N3O2S. The molecular weight excluding hydrogens is 358 g/mol. The summed E-state index contributed by atoms with van der Waals surface area (Å²) in [6.07, 6.45) is 6.19. The summed E-state index contributed by atoms with van der Waals surface area (Å²) in [5.41, 5.74) is 2.17. The second-order valence-corrected chi connectivity index (χ2v) is 7.10. The Morgan fingerprint density at radius 2 is 1.52 bits per heavy atom. The second kappa shape index (κ2) is 9.37. The molecule has 0 heterocycles. The summed E-state index contributed by atoms with van der Waals surface area (Å²) in [5, 5.41) is 10.1. The monoisotopic (exact) mass is 383 g/mol. The summed E-state index contributed by atoms with van der Waals surface area (Å²) >= 11 is 5.40. The number of amides is 1. The van der Waals surface area contributed by atoms with Gasteiger partial charge >= 0.3 is 0 Å². The Morgan fingerprint density at radius 1 is 0.926 bits per heavy atom. The lowest BCUT2D eigenvalue weighted by Crippen LogP contribution is -2.38. The fraction of sp³-hybridized carbons (Fsp3) is 0.333. The zero-order chi connectivity index (χ0) is 19.1. The minimum atomic E-state index is -0.158. The molecule has 0 spiro atoms. The van der Waals surface area contributed by atoms with Gasteiger partial charge in [0.25, 0.3) is 5.91 Å². The minimum Gasteiger partial charge on any atom is -0.497 e. The van der Waals surface area contributed by atoms with Crippen molar-refractivity contribution in [3.8, 4) is 5.75 Å². The number of thiocarbonyl (C=S) groups is 1. The molecule has 0 saturated heterocycles. The van der Waals surface area contributed by atoms with Crippen molar-refractivity contribution in [3.05, 3.63) is 54.1 Å². The molecule has 6 heteroatoms. The molecule has 0 unspecified atom stereocenters. The van der Waals surface area contributed by atoms with Crippen LogP contribution in [0.1, 0.15) is 42.5 Å². The van der Waals surface area contributed by atoms with E-state index in [0.29, 0.717) is 16.7 Å². The molecule has 1 saturated carbocycles. The van der Waals surface area contributed by atoms with Crippen molar-refractivity contribution in [1.29, 1.82) is 0 Å². The van der Waals surface area contributed by atoms with Crippen LogP contribution < -0.4 is 20.7 Å². The third kappa shape index (κ3) is 5.69. The zero-order valence-corrected chi connectivity index (χ0v) is 16.3. The summed E-state index contributed by atoms with van der Waals surface area (Å²) in [7, 11) is 1.61. The zero-order valence-electron chi connectivity index (χ0n) is 15.5. The van der Waals surface area contributed by atoms with Crippen LogP contribution in [0.3, 0.4) is 0 Å². The first-order valence-corrected chi connectivity index (χ1v) is 9.68. The highest BCUT2D eigenvalue weighted by Gasteiger charge is 2.14. The number of benzene rings is 2. The van der Waals surface area contributed by atoms with Crippen molar-refractivity contribution in [1.82, 2.24) is 5.32 Å². The maximum atomic E-state index is 12.4. The van der Waals surface area contributed by atoms with E-state index < -0.39 is 0 Å². The Bertz CT molecular complexity index is 769. The average Bonchev–Trinajstić information content (AvgIpc) is 2.70. The molecule has 1 aliphatic rings. The van der Waals surface area contributed by atoms with Crippen LogP contribution >= 0.6 is 12.2 Å². The predicted octanol–water partition coefficient (Wildman–Crippen LogP) is 4.57. The molecule has 27 heavy (non-hydrogen) atoms. The van der Waals surface area contributed by atoms with Crippen LogP contribution in [0.2, 0.25) is 0 Å². The van der Waals surface area contributed by atoms with Gasteiger partial charge in [-0.1, -0.05) is 19.3 Å². The molecule has 0 aromatic heterocycles. The molecule has 3 N–H and O–H groups in total. The first-order chi connectivity index (χ1) is 13.1. The van der Waals surface area contributed by atoms with E-state index in [1.165, 1.54) is 32.1 Å². The molecule has 1 amide bonds. The van der Waals surface area contributed by atoms with Gasteiger partial charge in [-0.05, 0) is 73.6 Å². The van der Waals surface area contributed by atoms with Crippen LogP contribution in [0, 0.1) is 0 Å². The van der Waals surface area contributed by atoms with E-state index in [-0.39, 0.29) is 5.91 Å². The summed E-state index contributed by atoms with van der Waals surface area (Å²) in [4.78, 5) is 12.4. The summed E-state index contributed by atoms with van der Waals surface area (Å²) < 4.78 is 5.12. The number of methoxy groups -OCH3 is 1. The lowest BCUT2D eigenvalue weighted by atomic mass is 9.96. The Kier molecular flexibility index (Phi) is 6.65. The molecule has 0 radical (unpaired) electrons. The van der Waals surface area contributed by atoms with Gasteiger partial charge in [0.1, 0.15) is 5.75 Å². The lowest BCUT2D eigenvalue weighted by Gasteiger charge is -2.24. The van der Waals surface area contributed by atoms with Crippen LogP contribution in [0.4, 0.5) is 11.4 Å². The van der Waals surface area contributed by atoms with Crippen LogP contribution in [-0.2, 0) is 0 Å². The Balaban J connectivity index is 1.52. The number of ether oxygens (including phenoxy) is 1. The molecule has 0 bridgehead atoms. The largest absolute Gasteiger partial charge is 0.497 e. The number of carbonyl (C=O) groups is 1. The van der Waals surface area contributed by atoms with Crippen LogP contribution in [-0.4, -0.2) is 24.2 Å². The number of anilines is 2. The van der Waals surface area contributed by atoms with Gasteiger partial charge in [-0.15, -0.1) is 0 Å². The van der Waals surface area contributed by atoms with Crippen molar-refractivity contribution in [2.24, 2.45) is 0 Å².